The number of nitrogens with one attached hydrogen (secondary N) is 1. The summed E-state index contributed by atoms with van der Waals surface area (Å²) in [4.78, 5) is -1.41. The van der Waals surface area contributed by atoms with Gasteiger partial charge in [-0.15, -0.1) is 0 Å². The van der Waals surface area contributed by atoms with Crippen LogP contribution in [0.2, 0.25) is 0 Å². The third-order valence-electron chi connectivity index (χ3n) is 3.02. The zero-order chi connectivity index (χ0) is 18.2. The third kappa shape index (κ3) is 3.14. The van der Waals surface area contributed by atoms with Crippen molar-refractivity contribution in [3.8, 4) is 5.75 Å². The Labute approximate surface area is 133 Å². The highest BCUT2D eigenvalue weighted by atomic mass is 32.2. The van der Waals surface area contributed by atoms with Crippen molar-refractivity contribution in [3.05, 3.63) is 47.3 Å². The van der Waals surface area contributed by atoms with Crippen LogP contribution in [0, 0.1) is 29.1 Å². The van der Waals surface area contributed by atoms with Crippen LogP contribution >= 0.6 is 0 Å². The Morgan fingerprint density at radius 2 is 1.54 bits per heavy atom. The van der Waals surface area contributed by atoms with Crippen LogP contribution in [0.15, 0.2) is 23.1 Å². The molecule has 0 fully saturated rings. The number of sulfone groups is 1. The van der Waals surface area contributed by atoms with E-state index < -0.39 is 49.5 Å². The summed E-state index contributed by atoms with van der Waals surface area (Å²) in [5, 5.41) is 2.05. The second kappa shape index (κ2) is 6.27. The van der Waals surface area contributed by atoms with Gasteiger partial charge < -0.3 is 10.1 Å². The molecule has 2 aromatic carbocycles. The molecule has 0 saturated carbocycles. The van der Waals surface area contributed by atoms with Gasteiger partial charge in [0.05, 0.1) is 12.8 Å². The molecule has 0 saturated heterocycles. The van der Waals surface area contributed by atoms with Crippen molar-refractivity contribution in [1.82, 2.24) is 0 Å². The SMILES string of the molecule is COc1ccc(Nc2c(F)c(F)c(F)c(F)c2S(C)(=O)=O)cc1F. The third-order valence-corrected chi connectivity index (χ3v) is 4.14. The van der Waals surface area contributed by atoms with Gasteiger partial charge in [-0.25, -0.2) is 30.4 Å². The molecule has 0 unspecified atom stereocenters. The van der Waals surface area contributed by atoms with Crippen LogP contribution in [0.4, 0.5) is 33.3 Å². The van der Waals surface area contributed by atoms with Crippen LogP contribution in [0.1, 0.15) is 0 Å². The normalized spacial score (nSPS) is 11.5. The lowest BCUT2D eigenvalue weighted by Crippen LogP contribution is -2.12. The van der Waals surface area contributed by atoms with Crippen molar-refractivity contribution in [1.29, 1.82) is 0 Å². The predicted molar refractivity (Wildman–Crippen MR) is 75.6 cm³/mol. The van der Waals surface area contributed by atoms with Crippen molar-refractivity contribution >= 4 is 21.2 Å². The van der Waals surface area contributed by atoms with E-state index in [2.05, 4.69) is 10.1 Å². The van der Waals surface area contributed by atoms with Gasteiger partial charge >= 0.3 is 0 Å². The van der Waals surface area contributed by atoms with Gasteiger partial charge in [0.15, 0.2) is 44.7 Å². The molecule has 24 heavy (non-hydrogen) atoms. The lowest BCUT2D eigenvalue weighted by Gasteiger charge is -2.14. The highest BCUT2D eigenvalue weighted by molar-refractivity contribution is 7.90. The molecule has 0 aromatic heterocycles. The molecule has 1 N–H and O–H groups in total. The van der Waals surface area contributed by atoms with Gasteiger partial charge in [-0.3, -0.25) is 0 Å². The molecular weight excluding hydrogens is 357 g/mol. The van der Waals surface area contributed by atoms with Gasteiger partial charge in [0.2, 0.25) is 0 Å². The van der Waals surface area contributed by atoms with E-state index in [-0.39, 0.29) is 11.4 Å². The molecule has 4 nitrogen and oxygen atoms in total. The Kier molecular flexibility index (Phi) is 4.70. The highest BCUT2D eigenvalue weighted by Gasteiger charge is 2.31. The van der Waals surface area contributed by atoms with E-state index in [4.69, 9.17) is 0 Å². The van der Waals surface area contributed by atoms with Crippen LogP contribution < -0.4 is 10.1 Å². The molecule has 0 spiro atoms. The predicted octanol–water partition coefficient (Wildman–Crippen LogP) is 3.54. The van der Waals surface area contributed by atoms with E-state index in [1.54, 1.807) is 0 Å². The van der Waals surface area contributed by atoms with Gasteiger partial charge in [-0.1, -0.05) is 0 Å². The maximum absolute atomic E-state index is 13.9. The summed E-state index contributed by atoms with van der Waals surface area (Å²) in [6.45, 7) is 0. The van der Waals surface area contributed by atoms with E-state index in [0.717, 1.165) is 18.2 Å². The van der Waals surface area contributed by atoms with E-state index in [9.17, 15) is 30.4 Å². The van der Waals surface area contributed by atoms with Crippen molar-refractivity contribution in [2.45, 2.75) is 4.90 Å². The quantitative estimate of drug-likeness (QED) is 0.389. The lowest BCUT2D eigenvalue weighted by molar-refractivity contribution is 0.386. The molecule has 0 aliphatic carbocycles. The zero-order valence-electron chi connectivity index (χ0n) is 12.3. The molecule has 0 radical (unpaired) electrons. The largest absolute Gasteiger partial charge is 0.494 e. The van der Waals surface area contributed by atoms with Crippen LogP contribution in [0.3, 0.4) is 0 Å². The molecular formula is C14H10F5NO3S. The van der Waals surface area contributed by atoms with Crippen molar-refractivity contribution in [2.24, 2.45) is 0 Å². The minimum atomic E-state index is -4.47. The average molecular weight is 367 g/mol. The van der Waals surface area contributed by atoms with Crippen LogP contribution in [-0.2, 0) is 9.84 Å². The minimum absolute atomic E-state index is 0.166. The standard InChI is InChI=1S/C14H10F5NO3S/c1-23-8-4-3-6(5-7(8)15)20-13-11(18)9(16)10(17)12(19)14(13)24(2,21)22/h3-5,20H,1-2H3. The van der Waals surface area contributed by atoms with Crippen LogP contribution in [0.5, 0.6) is 5.75 Å². The monoisotopic (exact) mass is 367 g/mol. The highest BCUT2D eigenvalue weighted by Crippen LogP contribution is 2.34. The summed E-state index contributed by atoms with van der Waals surface area (Å²) in [5.41, 5.74) is -1.40. The van der Waals surface area contributed by atoms with Crippen LogP contribution in [-0.4, -0.2) is 21.8 Å². The van der Waals surface area contributed by atoms with Gasteiger partial charge in [-0.05, 0) is 12.1 Å². The fraction of sp³-hybridized carbons (Fsp3) is 0.143. The second-order valence-electron chi connectivity index (χ2n) is 4.71. The van der Waals surface area contributed by atoms with Crippen LogP contribution in [0.25, 0.3) is 0 Å². The van der Waals surface area contributed by atoms with Crippen molar-refractivity contribution in [2.75, 3.05) is 18.7 Å². The maximum atomic E-state index is 13.9. The average Bonchev–Trinajstić information content (AvgIpc) is 2.49. The molecule has 0 heterocycles. The van der Waals surface area contributed by atoms with E-state index in [0.29, 0.717) is 6.26 Å². The summed E-state index contributed by atoms with van der Waals surface area (Å²) in [6, 6.07) is 3.04. The Hall–Kier alpha value is -2.36. The first kappa shape index (κ1) is 18.0. The number of hydrogen-bond acceptors (Lipinski definition) is 4. The van der Waals surface area contributed by atoms with E-state index in [1.165, 1.54) is 7.11 Å². The molecule has 0 aliphatic rings. The number of hydrogen-bond donors (Lipinski definition) is 1. The second-order valence-corrected chi connectivity index (χ2v) is 6.66. The number of ether oxygens (including phenoxy) is 1. The molecule has 2 aromatic rings. The zero-order valence-corrected chi connectivity index (χ0v) is 13.1. The number of anilines is 2. The van der Waals surface area contributed by atoms with Gasteiger partial charge in [-0.2, -0.15) is 0 Å². The van der Waals surface area contributed by atoms with E-state index in [1.807, 2.05) is 0 Å². The Bertz CT molecular complexity index is 915. The van der Waals surface area contributed by atoms with Gasteiger partial charge in [0.25, 0.3) is 0 Å². The Morgan fingerprint density at radius 1 is 0.958 bits per heavy atom. The van der Waals surface area contributed by atoms with Gasteiger partial charge in [0, 0.05) is 18.0 Å². The fourth-order valence-corrected chi connectivity index (χ4v) is 2.89. The summed E-state index contributed by atoms with van der Waals surface area (Å²) >= 11 is 0. The first-order valence-corrected chi connectivity index (χ1v) is 8.13. The van der Waals surface area contributed by atoms with Crippen molar-refractivity contribution < 1.29 is 35.1 Å². The first-order valence-electron chi connectivity index (χ1n) is 6.24. The number of halogens is 5. The Morgan fingerprint density at radius 3 is 2.04 bits per heavy atom. The molecule has 2 rings (SSSR count). The summed E-state index contributed by atoms with van der Waals surface area (Å²) in [5.74, 6) is -9.55. The Balaban J connectivity index is 2.68. The molecule has 0 aliphatic heterocycles. The minimum Gasteiger partial charge on any atom is -0.494 e. The molecule has 10 heteroatoms. The van der Waals surface area contributed by atoms with Crippen molar-refractivity contribution in [3.63, 3.8) is 0 Å². The summed E-state index contributed by atoms with van der Waals surface area (Å²) < 4.78 is 96.0. The topological polar surface area (TPSA) is 55.4 Å². The smallest absolute Gasteiger partial charge is 0.199 e. The first-order chi connectivity index (χ1) is 11.1. The maximum Gasteiger partial charge on any atom is 0.199 e. The molecule has 0 bridgehead atoms. The number of benzene rings is 2. The fourth-order valence-electron chi connectivity index (χ4n) is 1.96. The lowest BCUT2D eigenvalue weighted by atomic mass is 10.2. The summed E-state index contributed by atoms with van der Waals surface area (Å²) in [6.07, 6.45) is 0.488. The van der Waals surface area contributed by atoms with Gasteiger partial charge in [0.1, 0.15) is 4.90 Å². The molecule has 0 atom stereocenters. The number of methoxy groups -OCH3 is 1. The number of rotatable bonds is 4. The molecule has 0 amide bonds. The molecule has 130 valence electrons. The summed E-state index contributed by atoms with van der Waals surface area (Å²) in [7, 11) is -3.28. The van der Waals surface area contributed by atoms with E-state index >= 15 is 0 Å².